The molecule has 0 saturated carbocycles. The lowest BCUT2D eigenvalue weighted by Gasteiger charge is -1.98. The van der Waals surface area contributed by atoms with Gasteiger partial charge in [0, 0.05) is 23.1 Å². The van der Waals surface area contributed by atoms with Crippen molar-refractivity contribution in [1.82, 2.24) is 4.98 Å². The molecule has 0 aliphatic heterocycles. The average molecular weight is 347 g/mol. The predicted molar refractivity (Wildman–Crippen MR) is 98.9 cm³/mol. The molecule has 0 atom stereocenters. The molecule has 0 spiro atoms. The van der Waals surface area contributed by atoms with Crippen molar-refractivity contribution >= 4 is 28.7 Å². The highest BCUT2D eigenvalue weighted by atomic mass is 32.1. The molecule has 0 amide bonds. The highest BCUT2D eigenvalue weighted by Crippen LogP contribution is 2.27. The Labute approximate surface area is 148 Å². The Balaban J connectivity index is 1.90. The maximum Gasteiger partial charge on any atom is 0.269 e. The zero-order valence-electron chi connectivity index (χ0n) is 13.3. The molecule has 25 heavy (non-hydrogen) atoms. The van der Waals surface area contributed by atoms with E-state index in [1.165, 1.54) is 29.0 Å². The van der Waals surface area contributed by atoms with Crippen LogP contribution < -0.4 is 0 Å². The third-order valence-corrected chi connectivity index (χ3v) is 4.49. The zero-order chi connectivity index (χ0) is 17.8. The van der Waals surface area contributed by atoms with E-state index in [0.29, 0.717) is 16.1 Å². The average Bonchev–Trinajstić information content (AvgIpc) is 3.10. The number of aromatic nitrogens is 1. The fraction of sp³-hybridized carbons (Fsp3) is 0.0526. The molecule has 1 heterocycles. The minimum atomic E-state index is -0.451. The van der Waals surface area contributed by atoms with Crippen molar-refractivity contribution in [3.05, 3.63) is 80.2 Å². The van der Waals surface area contributed by atoms with E-state index in [9.17, 15) is 15.4 Å². The third-order valence-electron chi connectivity index (χ3n) is 3.62. The minimum absolute atomic E-state index is 0.0200. The molecule has 0 fully saturated rings. The highest BCUT2D eigenvalue weighted by molar-refractivity contribution is 7.11. The summed E-state index contributed by atoms with van der Waals surface area (Å²) in [6.45, 7) is 2.02. The fourth-order valence-electron chi connectivity index (χ4n) is 2.26. The quantitative estimate of drug-likeness (QED) is 0.374. The van der Waals surface area contributed by atoms with Gasteiger partial charge in [-0.25, -0.2) is 4.98 Å². The number of nitriles is 1. The van der Waals surface area contributed by atoms with Gasteiger partial charge in [0.05, 0.1) is 16.2 Å². The number of nitro groups is 1. The number of thiazole rings is 1. The van der Waals surface area contributed by atoms with E-state index in [0.717, 1.165) is 11.3 Å². The van der Waals surface area contributed by atoms with E-state index >= 15 is 0 Å². The molecule has 0 radical (unpaired) electrons. The number of rotatable bonds is 4. The van der Waals surface area contributed by atoms with Crippen LogP contribution in [-0.4, -0.2) is 9.91 Å². The van der Waals surface area contributed by atoms with Gasteiger partial charge >= 0.3 is 0 Å². The molecule has 0 aliphatic carbocycles. The van der Waals surface area contributed by atoms with Gasteiger partial charge < -0.3 is 0 Å². The first-order chi connectivity index (χ1) is 12.1. The molecule has 0 N–H and O–H groups in total. The summed E-state index contributed by atoms with van der Waals surface area (Å²) >= 11 is 1.40. The third kappa shape index (κ3) is 3.79. The van der Waals surface area contributed by atoms with Gasteiger partial charge in [0.25, 0.3) is 5.69 Å². The molecule has 0 bridgehead atoms. The SMILES string of the molecule is Cc1ccc(-c2csc(C(C#N)=Cc3ccc([N+](=O)[O-])cc3)n2)cc1. The van der Waals surface area contributed by atoms with Crippen molar-refractivity contribution in [2.45, 2.75) is 6.92 Å². The van der Waals surface area contributed by atoms with Gasteiger partial charge in [-0.2, -0.15) is 5.26 Å². The lowest BCUT2D eigenvalue weighted by molar-refractivity contribution is -0.384. The summed E-state index contributed by atoms with van der Waals surface area (Å²) in [4.78, 5) is 14.8. The largest absolute Gasteiger partial charge is 0.269 e. The molecule has 1 aromatic heterocycles. The molecule has 3 aromatic rings. The smallest absolute Gasteiger partial charge is 0.258 e. The molecule has 0 aliphatic rings. The summed E-state index contributed by atoms with van der Waals surface area (Å²) in [6.07, 6.45) is 1.68. The molecule has 0 saturated heterocycles. The molecule has 6 heteroatoms. The van der Waals surface area contributed by atoms with Crippen LogP contribution in [0.3, 0.4) is 0 Å². The van der Waals surface area contributed by atoms with Gasteiger partial charge in [-0.1, -0.05) is 29.8 Å². The van der Waals surface area contributed by atoms with Crippen molar-refractivity contribution in [1.29, 1.82) is 5.26 Å². The Bertz CT molecular complexity index is 981. The summed E-state index contributed by atoms with van der Waals surface area (Å²) in [5.41, 5.74) is 4.17. The number of hydrogen-bond acceptors (Lipinski definition) is 5. The predicted octanol–water partition coefficient (Wildman–Crippen LogP) is 5.09. The summed E-state index contributed by atoms with van der Waals surface area (Å²) in [5, 5.41) is 22.7. The van der Waals surface area contributed by atoms with Crippen LogP contribution in [-0.2, 0) is 0 Å². The second-order valence-corrected chi connectivity index (χ2v) is 6.28. The summed E-state index contributed by atoms with van der Waals surface area (Å²) in [7, 11) is 0. The highest BCUT2D eigenvalue weighted by Gasteiger charge is 2.10. The van der Waals surface area contributed by atoms with E-state index in [1.54, 1.807) is 18.2 Å². The van der Waals surface area contributed by atoms with Crippen molar-refractivity contribution in [2.24, 2.45) is 0 Å². The minimum Gasteiger partial charge on any atom is -0.258 e. The van der Waals surface area contributed by atoms with Crippen LogP contribution >= 0.6 is 11.3 Å². The van der Waals surface area contributed by atoms with Gasteiger partial charge in [-0.3, -0.25) is 10.1 Å². The maximum atomic E-state index is 10.7. The van der Waals surface area contributed by atoms with Gasteiger partial charge in [-0.05, 0) is 30.7 Å². The number of non-ortho nitro benzene ring substituents is 1. The molecule has 122 valence electrons. The van der Waals surface area contributed by atoms with Gasteiger partial charge in [0.2, 0.25) is 0 Å². The maximum absolute atomic E-state index is 10.7. The summed E-state index contributed by atoms with van der Waals surface area (Å²) in [6, 6.07) is 16.3. The first-order valence-electron chi connectivity index (χ1n) is 7.46. The Morgan fingerprint density at radius 3 is 2.48 bits per heavy atom. The van der Waals surface area contributed by atoms with Crippen LogP contribution in [0.5, 0.6) is 0 Å². The monoisotopic (exact) mass is 347 g/mol. The van der Waals surface area contributed by atoms with E-state index in [4.69, 9.17) is 0 Å². The second-order valence-electron chi connectivity index (χ2n) is 5.42. The van der Waals surface area contributed by atoms with Crippen LogP contribution in [0.4, 0.5) is 5.69 Å². The van der Waals surface area contributed by atoms with Crippen molar-refractivity contribution in [3.63, 3.8) is 0 Å². The Morgan fingerprint density at radius 2 is 1.88 bits per heavy atom. The number of hydrogen-bond donors (Lipinski definition) is 0. The van der Waals surface area contributed by atoms with Gasteiger partial charge in [0.15, 0.2) is 0 Å². The molecule has 5 nitrogen and oxygen atoms in total. The van der Waals surface area contributed by atoms with E-state index in [-0.39, 0.29) is 5.69 Å². The molecular weight excluding hydrogens is 334 g/mol. The number of allylic oxidation sites excluding steroid dienone is 1. The lowest BCUT2D eigenvalue weighted by atomic mass is 10.1. The molecule has 0 unspecified atom stereocenters. The Morgan fingerprint density at radius 1 is 1.20 bits per heavy atom. The molecular formula is C19H13N3O2S. The Hall–Kier alpha value is -3.30. The van der Waals surface area contributed by atoms with Crippen LogP contribution in [0.2, 0.25) is 0 Å². The second kappa shape index (κ2) is 7.07. The lowest BCUT2D eigenvalue weighted by Crippen LogP contribution is -1.87. The van der Waals surface area contributed by atoms with Crippen molar-refractivity contribution < 1.29 is 4.92 Å². The number of benzene rings is 2. The van der Waals surface area contributed by atoms with Gasteiger partial charge in [-0.15, -0.1) is 11.3 Å². The summed E-state index contributed by atoms with van der Waals surface area (Å²) in [5.74, 6) is 0. The molecule has 2 aromatic carbocycles. The van der Waals surface area contributed by atoms with Crippen LogP contribution in [0.15, 0.2) is 53.9 Å². The van der Waals surface area contributed by atoms with Crippen LogP contribution in [0.1, 0.15) is 16.1 Å². The number of nitrogens with zero attached hydrogens (tertiary/aromatic N) is 3. The Kier molecular flexibility index (Phi) is 4.68. The van der Waals surface area contributed by atoms with Crippen LogP contribution in [0, 0.1) is 28.4 Å². The van der Waals surface area contributed by atoms with Crippen molar-refractivity contribution in [3.8, 4) is 17.3 Å². The number of aryl methyl sites for hydroxylation is 1. The zero-order valence-corrected chi connectivity index (χ0v) is 14.2. The first kappa shape index (κ1) is 16.6. The summed E-state index contributed by atoms with van der Waals surface area (Å²) < 4.78 is 0. The van der Waals surface area contributed by atoms with E-state index in [2.05, 4.69) is 11.1 Å². The fourth-order valence-corrected chi connectivity index (χ4v) is 3.05. The van der Waals surface area contributed by atoms with E-state index in [1.807, 2.05) is 36.6 Å². The van der Waals surface area contributed by atoms with Crippen molar-refractivity contribution in [2.75, 3.05) is 0 Å². The van der Waals surface area contributed by atoms with Crippen LogP contribution in [0.25, 0.3) is 22.9 Å². The first-order valence-corrected chi connectivity index (χ1v) is 8.34. The standard InChI is InChI=1S/C19H13N3O2S/c1-13-2-6-15(7-3-13)18-12-25-19(21-18)16(11-20)10-14-4-8-17(9-5-14)22(23)24/h2-10,12H,1H3. The van der Waals surface area contributed by atoms with Gasteiger partial charge in [0.1, 0.15) is 11.1 Å². The normalized spacial score (nSPS) is 11.1. The molecule has 3 rings (SSSR count). The number of nitro benzene ring substituents is 1. The van der Waals surface area contributed by atoms with E-state index < -0.39 is 4.92 Å². The topological polar surface area (TPSA) is 79.8 Å².